The zero-order chi connectivity index (χ0) is 32.3. The number of para-hydroxylation sites is 1. The highest BCUT2D eigenvalue weighted by molar-refractivity contribution is 9.11. The molecular formula is C35H45Br2N5O4. The molecule has 0 aromatic heterocycles. The molecule has 0 bridgehead atoms. The number of fused-ring (bicyclic) bond motifs is 1. The molecule has 46 heavy (non-hydrogen) atoms. The van der Waals surface area contributed by atoms with Gasteiger partial charge in [0, 0.05) is 59.7 Å². The second-order valence-electron chi connectivity index (χ2n) is 13.3. The largest absolute Gasteiger partial charge is 0.444 e. The number of likely N-dealkylation sites (tertiary alicyclic amines) is 2. The van der Waals surface area contributed by atoms with E-state index < -0.39 is 11.8 Å². The lowest BCUT2D eigenvalue weighted by atomic mass is 9.77. The third-order valence-corrected chi connectivity index (χ3v) is 12.5. The summed E-state index contributed by atoms with van der Waals surface area (Å²) in [5, 5.41) is 6.61. The number of anilines is 1. The zero-order valence-corrected chi connectivity index (χ0v) is 29.8. The summed E-state index contributed by atoms with van der Waals surface area (Å²) >= 11 is 7.20. The number of halogens is 2. The van der Waals surface area contributed by atoms with Gasteiger partial charge in [-0.15, -0.1) is 0 Å². The van der Waals surface area contributed by atoms with Gasteiger partial charge in [-0.25, -0.2) is 9.59 Å². The second kappa shape index (κ2) is 14.7. The Morgan fingerprint density at radius 3 is 2.41 bits per heavy atom. The Kier molecular flexibility index (Phi) is 10.7. The predicted octanol–water partition coefficient (Wildman–Crippen LogP) is 6.71. The third kappa shape index (κ3) is 7.03. The molecule has 0 spiro atoms. The van der Waals surface area contributed by atoms with Crippen LogP contribution in [0.4, 0.5) is 15.3 Å². The lowest BCUT2D eigenvalue weighted by Crippen LogP contribution is -2.69. The predicted molar refractivity (Wildman–Crippen MR) is 186 cm³/mol. The molecule has 4 aliphatic heterocycles. The van der Waals surface area contributed by atoms with Crippen LogP contribution in [0.3, 0.4) is 0 Å². The van der Waals surface area contributed by atoms with Crippen LogP contribution in [-0.2, 0) is 22.6 Å². The molecule has 3 saturated heterocycles. The van der Waals surface area contributed by atoms with Crippen molar-refractivity contribution in [3.8, 4) is 0 Å². The van der Waals surface area contributed by atoms with E-state index >= 15 is 0 Å². The molecule has 9 nitrogen and oxygen atoms in total. The summed E-state index contributed by atoms with van der Waals surface area (Å²) in [6.07, 6.45) is 7.10. The first-order valence-electron chi connectivity index (χ1n) is 16.7. The Morgan fingerprint density at radius 1 is 1.00 bits per heavy atom. The first-order chi connectivity index (χ1) is 22.3. The minimum absolute atomic E-state index is 0.119. The number of aldehydes is 1. The van der Waals surface area contributed by atoms with Crippen molar-refractivity contribution >= 4 is 56.0 Å². The topological polar surface area (TPSA) is 94.2 Å². The van der Waals surface area contributed by atoms with Gasteiger partial charge in [-0.05, 0) is 105 Å². The Labute approximate surface area is 289 Å². The molecule has 0 saturated carbocycles. The quantitative estimate of drug-likeness (QED) is 0.305. The van der Waals surface area contributed by atoms with Gasteiger partial charge >= 0.3 is 12.1 Å². The molecule has 2 N–H and O–H groups in total. The number of urea groups is 1. The van der Waals surface area contributed by atoms with Crippen LogP contribution in [0.15, 0.2) is 45.3 Å². The molecule has 2 aromatic carbocycles. The van der Waals surface area contributed by atoms with Crippen molar-refractivity contribution in [3.05, 3.63) is 62.0 Å². The van der Waals surface area contributed by atoms with Gasteiger partial charge in [-0.3, -0.25) is 9.80 Å². The number of piperidine rings is 3. The fourth-order valence-corrected chi connectivity index (χ4v) is 9.49. The van der Waals surface area contributed by atoms with Crippen LogP contribution in [0.1, 0.15) is 61.6 Å². The Balaban J connectivity index is 1.24. The molecule has 6 rings (SSSR count). The number of carbonyl (C=O) groups excluding carboxylic acids is 3. The van der Waals surface area contributed by atoms with E-state index in [1.807, 2.05) is 47.1 Å². The van der Waals surface area contributed by atoms with Crippen molar-refractivity contribution in [1.82, 2.24) is 20.0 Å². The molecule has 248 valence electrons. The van der Waals surface area contributed by atoms with Crippen LogP contribution < -0.4 is 10.6 Å². The monoisotopic (exact) mass is 757 g/mol. The fraction of sp³-hybridized carbons (Fsp3) is 0.571. The number of amides is 3. The van der Waals surface area contributed by atoms with Gasteiger partial charge in [-0.1, -0.05) is 50.1 Å². The molecule has 2 aromatic rings. The number of nitrogens with zero attached hydrogens (tertiary/aromatic N) is 3. The minimum Gasteiger partial charge on any atom is -0.444 e. The van der Waals surface area contributed by atoms with Crippen LogP contribution in [0.5, 0.6) is 0 Å². The van der Waals surface area contributed by atoms with E-state index in [-0.39, 0.29) is 25.1 Å². The van der Waals surface area contributed by atoms with E-state index in [9.17, 15) is 14.4 Å². The average molecular weight is 760 g/mol. The summed E-state index contributed by atoms with van der Waals surface area (Å²) in [6.45, 7) is 6.92. The van der Waals surface area contributed by atoms with Gasteiger partial charge in [0.05, 0.1) is 0 Å². The van der Waals surface area contributed by atoms with Crippen LogP contribution in [0, 0.1) is 18.8 Å². The van der Waals surface area contributed by atoms with E-state index in [2.05, 4.69) is 53.5 Å². The Hall–Kier alpha value is -2.47. The smallest absolute Gasteiger partial charge is 0.411 e. The molecule has 4 aliphatic rings. The van der Waals surface area contributed by atoms with E-state index in [1.165, 1.54) is 12.8 Å². The van der Waals surface area contributed by atoms with Crippen molar-refractivity contribution in [3.63, 3.8) is 0 Å². The van der Waals surface area contributed by atoms with Crippen molar-refractivity contribution in [1.29, 1.82) is 0 Å². The molecule has 0 unspecified atom stereocenters. The summed E-state index contributed by atoms with van der Waals surface area (Å²) in [5.74, 6) is 1.38. The van der Waals surface area contributed by atoms with Crippen molar-refractivity contribution in [2.24, 2.45) is 11.8 Å². The number of ether oxygens (including phenoxy) is 1. The molecule has 0 aliphatic carbocycles. The zero-order valence-electron chi connectivity index (χ0n) is 26.6. The lowest BCUT2D eigenvalue weighted by molar-refractivity contribution is -0.128. The van der Waals surface area contributed by atoms with Crippen LogP contribution in [-0.4, -0.2) is 84.1 Å². The molecule has 3 amide bonds. The Bertz CT molecular complexity index is 1400. The summed E-state index contributed by atoms with van der Waals surface area (Å²) in [7, 11) is 0. The van der Waals surface area contributed by atoms with Gasteiger partial charge < -0.3 is 25.1 Å². The van der Waals surface area contributed by atoms with E-state index in [1.54, 1.807) is 0 Å². The summed E-state index contributed by atoms with van der Waals surface area (Å²) in [5.41, 5.74) is 3.06. The van der Waals surface area contributed by atoms with Crippen molar-refractivity contribution in [2.45, 2.75) is 76.6 Å². The molecule has 11 heteroatoms. The summed E-state index contributed by atoms with van der Waals surface area (Å²) < 4.78 is 7.88. The lowest BCUT2D eigenvalue weighted by Gasteiger charge is -2.56. The number of carbonyl (C=O) groups is 3. The number of hydrogen-bond donors (Lipinski definition) is 2. The normalized spacial score (nSPS) is 25.0. The van der Waals surface area contributed by atoms with Gasteiger partial charge in [-0.2, -0.15) is 0 Å². The average Bonchev–Trinajstić information content (AvgIpc) is 3.24. The molecular weight excluding hydrogens is 714 g/mol. The molecule has 2 atom stereocenters. The highest BCUT2D eigenvalue weighted by atomic mass is 79.9. The van der Waals surface area contributed by atoms with Crippen molar-refractivity contribution in [2.75, 3.05) is 44.6 Å². The fourth-order valence-electron chi connectivity index (χ4n) is 8.20. The van der Waals surface area contributed by atoms with E-state index in [0.29, 0.717) is 31.8 Å². The summed E-state index contributed by atoms with van der Waals surface area (Å²) in [4.78, 5) is 46.3. The standard InChI is InChI=1S/C35H45Br2N5O4/c1-24-30(36)20-25(21-31(24)37)23-46-34(45)42-18-11-29(41-17-10-28-4-2-3-5-32(28)39-33(41)44)22-35(42,12-19-43)40-15-8-27(9-16-40)26-6-13-38-14-7-26/h2-5,19-21,26-27,29,38H,6-18,22-23H2,1H3,(H,39,44)/t29-,35+/m1/s1. The second-order valence-corrected chi connectivity index (χ2v) is 15.0. The van der Waals surface area contributed by atoms with E-state index in [0.717, 1.165) is 89.0 Å². The van der Waals surface area contributed by atoms with E-state index in [4.69, 9.17) is 4.74 Å². The highest BCUT2D eigenvalue weighted by Gasteiger charge is 2.52. The summed E-state index contributed by atoms with van der Waals surface area (Å²) in [6, 6.07) is 11.7. The van der Waals surface area contributed by atoms with Gasteiger partial charge in [0.2, 0.25) is 0 Å². The molecule has 0 radical (unpaired) electrons. The third-order valence-electron chi connectivity index (χ3n) is 10.8. The van der Waals surface area contributed by atoms with Crippen LogP contribution in [0.2, 0.25) is 0 Å². The maximum Gasteiger partial charge on any atom is 0.411 e. The molecule has 3 fully saturated rings. The van der Waals surface area contributed by atoms with Crippen molar-refractivity contribution < 1.29 is 19.1 Å². The maximum atomic E-state index is 14.0. The Morgan fingerprint density at radius 2 is 1.70 bits per heavy atom. The van der Waals surface area contributed by atoms with Gasteiger partial charge in [0.1, 0.15) is 18.6 Å². The SMILES string of the molecule is Cc1c(Br)cc(COC(=O)N2CC[C@@H](N3CCc4ccccc4NC3=O)C[C@@]2(CC=O)N2CCC(C3CCNCC3)CC2)cc1Br. The number of hydrogen-bond acceptors (Lipinski definition) is 6. The maximum absolute atomic E-state index is 14.0. The highest BCUT2D eigenvalue weighted by Crippen LogP contribution is 2.41. The van der Waals surface area contributed by atoms with Crippen LogP contribution >= 0.6 is 31.9 Å². The van der Waals surface area contributed by atoms with Gasteiger partial charge in [0.15, 0.2) is 0 Å². The number of rotatable bonds is 7. The number of benzene rings is 2. The number of nitrogens with one attached hydrogen (secondary N) is 2. The molecule has 4 heterocycles. The first-order valence-corrected chi connectivity index (χ1v) is 18.3. The first kappa shape index (κ1) is 33.4. The van der Waals surface area contributed by atoms with Gasteiger partial charge in [0.25, 0.3) is 0 Å². The van der Waals surface area contributed by atoms with Crippen LogP contribution in [0.25, 0.3) is 0 Å². The minimum atomic E-state index is -0.866.